The lowest BCUT2D eigenvalue weighted by Crippen LogP contribution is -2.32. The highest BCUT2D eigenvalue weighted by Crippen LogP contribution is 2.18. The predicted octanol–water partition coefficient (Wildman–Crippen LogP) is 1.12. The first kappa shape index (κ1) is 7.48. The van der Waals surface area contributed by atoms with Gasteiger partial charge in [0, 0.05) is 23.5 Å². The van der Waals surface area contributed by atoms with E-state index in [4.69, 9.17) is 13.6 Å². The van der Waals surface area contributed by atoms with Crippen molar-refractivity contribution in [2.45, 2.75) is 12.5 Å². The number of hydrogen-bond acceptors (Lipinski definition) is 2. The minimum atomic E-state index is -1.10. The molecule has 0 spiro atoms. The lowest BCUT2D eigenvalue weighted by molar-refractivity contribution is -0.138. The molecule has 2 rings (SSSR count). The standard InChI is InChI=1S/C11H12N2O2/c12-9(11(14)15)5-7-6-13-10-4-2-1-3-8(7)10/h1-4,6,9,13H,5,12H2,(H,14,15)/t9-/m0/s1/i1D,6D. The quantitative estimate of drug-likeness (QED) is 0.704. The predicted molar refractivity (Wildman–Crippen MR) is 57.6 cm³/mol. The number of H-pyrrole nitrogens is 1. The molecule has 0 unspecified atom stereocenters. The van der Waals surface area contributed by atoms with Gasteiger partial charge in [-0.25, -0.2) is 0 Å². The summed E-state index contributed by atoms with van der Waals surface area (Å²) in [6.07, 6.45) is 0.236. The molecule has 0 aliphatic rings. The van der Waals surface area contributed by atoms with Gasteiger partial charge in [-0.15, -0.1) is 0 Å². The number of fused-ring (bicyclic) bond motifs is 1. The Hall–Kier alpha value is -1.81. The summed E-state index contributed by atoms with van der Waals surface area (Å²) in [5.41, 5.74) is 6.73. The third kappa shape index (κ3) is 1.85. The number of carbonyl (C=O) groups is 1. The van der Waals surface area contributed by atoms with Crippen LogP contribution in [0.4, 0.5) is 0 Å². The number of hydrogen-bond donors (Lipinski definition) is 3. The molecule has 0 aliphatic carbocycles. The van der Waals surface area contributed by atoms with E-state index < -0.39 is 12.0 Å². The fourth-order valence-electron chi connectivity index (χ4n) is 1.47. The van der Waals surface area contributed by atoms with Crippen molar-refractivity contribution < 1.29 is 12.6 Å². The lowest BCUT2D eigenvalue weighted by Gasteiger charge is -2.04. The normalized spacial score (nSPS) is 14.7. The number of nitrogens with two attached hydrogens (primary N) is 1. The van der Waals surface area contributed by atoms with Gasteiger partial charge in [0.2, 0.25) is 0 Å². The monoisotopic (exact) mass is 206 g/mol. The summed E-state index contributed by atoms with van der Waals surface area (Å²) in [6, 6.07) is 4.20. The second kappa shape index (κ2) is 3.74. The molecule has 0 aliphatic heterocycles. The van der Waals surface area contributed by atoms with Gasteiger partial charge in [-0.3, -0.25) is 4.79 Å². The van der Waals surface area contributed by atoms with Crippen LogP contribution in [0.1, 0.15) is 8.30 Å². The van der Waals surface area contributed by atoms with Crippen LogP contribution in [0.3, 0.4) is 0 Å². The van der Waals surface area contributed by atoms with Crippen LogP contribution in [-0.4, -0.2) is 22.1 Å². The highest BCUT2D eigenvalue weighted by molar-refractivity contribution is 5.84. The number of para-hydroxylation sites is 1. The second-order valence-electron chi connectivity index (χ2n) is 3.35. The van der Waals surface area contributed by atoms with Crippen LogP contribution < -0.4 is 5.73 Å². The van der Waals surface area contributed by atoms with Crippen molar-refractivity contribution in [3.05, 3.63) is 36.0 Å². The zero-order valence-corrected chi connectivity index (χ0v) is 7.95. The van der Waals surface area contributed by atoms with Crippen LogP contribution in [-0.2, 0) is 11.2 Å². The van der Waals surface area contributed by atoms with Crippen LogP contribution >= 0.6 is 0 Å². The summed E-state index contributed by atoms with van der Waals surface area (Å²) in [7, 11) is 0. The van der Waals surface area contributed by atoms with E-state index in [1.165, 1.54) is 0 Å². The summed E-state index contributed by atoms with van der Waals surface area (Å²) in [5.74, 6) is -1.10. The Labute approximate surface area is 89.5 Å². The SMILES string of the molecule is [2H]c1ccc2[nH]c([2H])c(C[C@H](N)C(=O)O)c2c1. The van der Waals surface area contributed by atoms with Crippen molar-refractivity contribution >= 4 is 16.9 Å². The molecule has 2 aromatic rings. The number of aliphatic carboxylic acids is 1. The van der Waals surface area contributed by atoms with E-state index in [1.807, 2.05) is 0 Å². The van der Waals surface area contributed by atoms with Gasteiger partial charge in [-0.05, 0) is 11.6 Å². The van der Waals surface area contributed by atoms with Gasteiger partial charge in [0.1, 0.15) is 6.04 Å². The molecule has 0 saturated heterocycles. The first-order valence-corrected chi connectivity index (χ1v) is 4.55. The molecule has 1 aromatic heterocycles. The molecule has 1 aromatic carbocycles. The minimum absolute atomic E-state index is 0.0810. The lowest BCUT2D eigenvalue weighted by atomic mass is 10.1. The van der Waals surface area contributed by atoms with Gasteiger partial charge in [0.05, 0.1) is 2.74 Å². The highest BCUT2D eigenvalue weighted by Gasteiger charge is 2.14. The van der Waals surface area contributed by atoms with E-state index in [-0.39, 0.29) is 12.6 Å². The molecule has 15 heavy (non-hydrogen) atoms. The van der Waals surface area contributed by atoms with E-state index in [0.29, 0.717) is 17.0 Å². The van der Waals surface area contributed by atoms with Gasteiger partial charge in [0.25, 0.3) is 0 Å². The van der Waals surface area contributed by atoms with Crippen molar-refractivity contribution in [2.75, 3.05) is 0 Å². The smallest absolute Gasteiger partial charge is 0.320 e. The van der Waals surface area contributed by atoms with E-state index >= 15 is 0 Å². The maximum absolute atomic E-state index is 10.7. The number of aromatic amines is 1. The van der Waals surface area contributed by atoms with Crippen LogP contribution in [0.2, 0.25) is 0 Å². The van der Waals surface area contributed by atoms with Gasteiger partial charge in [-0.1, -0.05) is 18.2 Å². The van der Waals surface area contributed by atoms with Crippen LogP contribution in [0.15, 0.2) is 30.4 Å². The van der Waals surface area contributed by atoms with Gasteiger partial charge in [0.15, 0.2) is 0 Å². The number of rotatable bonds is 3. The average molecular weight is 206 g/mol. The summed E-state index contributed by atoms with van der Waals surface area (Å²) < 4.78 is 15.3. The summed E-state index contributed by atoms with van der Waals surface area (Å²) in [6.45, 7) is 0. The Morgan fingerprint density at radius 3 is 3.20 bits per heavy atom. The zero-order chi connectivity index (χ0) is 12.6. The van der Waals surface area contributed by atoms with E-state index in [0.717, 1.165) is 5.52 Å². The fraction of sp³-hybridized carbons (Fsp3) is 0.182. The Morgan fingerprint density at radius 1 is 1.67 bits per heavy atom. The summed E-state index contributed by atoms with van der Waals surface area (Å²) in [5, 5.41) is 9.46. The maximum atomic E-state index is 10.7. The van der Waals surface area contributed by atoms with Crippen LogP contribution in [0.5, 0.6) is 0 Å². The Morgan fingerprint density at radius 2 is 2.47 bits per heavy atom. The molecule has 4 heteroatoms. The average Bonchev–Trinajstić information content (AvgIpc) is 2.55. The zero-order valence-electron chi connectivity index (χ0n) is 9.95. The number of benzene rings is 1. The fourth-order valence-corrected chi connectivity index (χ4v) is 1.47. The molecule has 4 N–H and O–H groups in total. The molecule has 78 valence electrons. The number of carboxylic acids is 1. The Kier molecular flexibility index (Phi) is 1.87. The maximum Gasteiger partial charge on any atom is 0.320 e. The number of carboxylic acid groups (broad SMARTS) is 1. The molecular weight excluding hydrogens is 192 g/mol. The van der Waals surface area contributed by atoms with Crippen LogP contribution in [0, 0.1) is 0 Å². The van der Waals surface area contributed by atoms with E-state index in [2.05, 4.69) is 4.98 Å². The van der Waals surface area contributed by atoms with Crippen molar-refractivity contribution in [1.82, 2.24) is 4.98 Å². The van der Waals surface area contributed by atoms with Crippen molar-refractivity contribution in [3.63, 3.8) is 0 Å². The molecule has 0 fully saturated rings. The van der Waals surface area contributed by atoms with Gasteiger partial charge in [-0.2, -0.15) is 0 Å². The topological polar surface area (TPSA) is 79.1 Å². The molecule has 1 heterocycles. The molecule has 0 radical (unpaired) electrons. The molecule has 0 saturated carbocycles. The first-order chi connectivity index (χ1) is 7.99. The van der Waals surface area contributed by atoms with Crippen LogP contribution in [0.25, 0.3) is 10.9 Å². The third-order valence-corrected chi connectivity index (χ3v) is 2.28. The van der Waals surface area contributed by atoms with Crippen molar-refractivity contribution in [1.29, 1.82) is 0 Å². The molecule has 0 bridgehead atoms. The second-order valence-corrected chi connectivity index (χ2v) is 3.35. The minimum Gasteiger partial charge on any atom is -0.480 e. The Balaban J connectivity index is 2.48. The van der Waals surface area contributed by atoms with Crippen molar-refractivity contribution in [3.8, 4) is 0 Å². The molecular formula is C11H12N2O2. The third-order valence-electron chi connectivity index (χ3n) is 2.28. The molecule has 1 atom stereocenters. The molecule has 0 amide bonds. The van der Waals surface area contributed by atoms with E-state index in [1.54, 1.807) is 18.2 Å². The first-order valence-electron chi connectivity index (χ1n) is 5.55. The highest BCUT2D eigenvalue weighted by atomic mass is 16.4. The van der Waals surface area contributed by atoms with Crippen molar-refractivity contribution in [2.24, 2.45) is 5.73 Å². The molecule has 4 nitrogen and oxygen atoms in total. The summed E-state index contributed by atoms with van der Waals surface area (Å²) in [4.78, 5) is 13.5. The Bertz CT molecular complexity index is 580. The largest absolute Gasteiger partial charge is 0.480 e. The van der Waals surface area contributed by atoms with E-state index in [9.17, 15) is 4.79 Å². The van der Waals surface area contributed by atoms with Gasteiger partial charge >= 0.3 is 5.97 Å². The number of nitrogens with one attached hydrogen (secondary N) is 1. The van der Waals surface area contributed by atoms with Gasteiger partial charge < -0.3 is 15.8 Å². The number of aromatic nitrogens is 1. The summed E-state index contributed by atoms with van der Waals surface area (Å²) >= 11 is 0.